The van der Waals surface area contributed by atoms with Gasteiger partial charge in [-0.1, -0.05) is 30.3 Å². The highest BCUT2D eigenvalue weighted by atomic mass is 16.5. The SMILES string of the molecule is O=C(c1ccc(COc2ccccc2)cc1)N1CCN(c2ncccn2)CC1. The minimum absolute atomic E-state index is 0.0594. The first-order valence-corrected chi connectivity index (χ1v) is 9.37. The van der Waals surface area contributed by atoms with Gasteiger partial charge in [-0.25, -0.2) is 9.97 Å². The molecule has 6 heteroatoms. The smallest absolute Gasteiger partial charge is 0.253 e. The number of hydrogen-bond acceptors (Lipinski definition) is 5. The molecular weight excluding hydrogens is 352 g/mol. The molecule has 28 heavy (non-hydrogen) atoms. The van der Waals surface area contributed by atoms with Crippen molar-refractivity contribution in [2.45, 2.75) is 6.61 Å². The second kappa shape index (κ2) is 8.52. The molecule has 1 aliphatic heterocycles. The van der Waals surface area contributed by atoms with Gasteiger partial charge >= 0.3 is 0 Å². The fourth-order valence-corrected chi connectivity index (χ4v) is 3.17. The lowest BCUT2D eigenvalue weighted by atomic mass is 10.1. The van der Waals surface area contributed by atoms with Crippen LogP contribution in [-0.2, 0) is 6.61 Å². The highest BCUT2D eigenvalue weighted by Crippen LogP contribution is 2.15. The van der Waals surface area contributed by atoms with Gasteiger partial charge in [-0.3, -0.25) is 4.79 Å². The first kappa shape index (κ1) is 18.0. The van der Waals surface area contributed by atoms with Crippen LogP contribution in [0, 0.1) is 0 Å². The summed E-state index contributed by atoms with van der Waals surface area (Å²) < 4.78 is 5.75. The van der Waals surface area contributed by atoms with E-state index >= 15 is 0 Å². The maximum Gasteiger partial charge on any atom is 0.253 e. The predicted molar refractivity (Wildman–Crippen MR) is 107 cm³/mol. The van der Waals surface area contributed by atoms with Crippen LogP contribution < -0.4 is 9.64 Å². The van der Waals surface area contributed by atoms with Crippen molar-refractivity contribution >= 4 is 11.9 Å². The first-order chi connectivity index (χ1) is 13.8. The van der Waals surface area contributed by atoms with Gasteiger partial charge in [-0.15, -0.1) is 0 Å². The zero-order valence-corrected chi connectivity index (χ0v) is 15.6. The molecule has 1 saturated heterocycles. The zero-order valence-electron chi connectivity index (χ0n) is 15.6. The molecule has 0 bridgehead atoms. The van der Waals surface area contributed by atoms with Crippen molar-refractivity contribution in [3.63, 3.8) is 0 Å². The second-order valence-corrected chi connectivity index (χ2v) is 6.63. The Hall–Kier alpha value is -3.41. The molecule has 2 heterocycles. The highest BCUT2D eigenvalue weighted by Gasteiger charge is 2.23. The van der Waals surface area contributed by atoms with Gasteiger partial charge in [0, 0.05) is 44.1 Å². The summed E-state index contributed by atoms with van der Waals surface area (Å²) in [6.07, 6.45) is 3.48. The Morgan fingerprint density at radius 1 is 0.857 bits per heavy atom. The molecule has 3 aromatic rings. The van der Waals surface area contributed by atoms with Crippen LogP contribution in [0.2, 0.25) is 0 Å². The number of benzene rings is 2. The molecule has 142 valence electrons. The van der Waals surface area contributed by atoms with Gasteiger partial charge in [-0.2, -0.15) is 0 Å². The average molecular weight is 374 g/mol. The van der Waals surface area contributed by atoms with E-state index in [1.165, 1.54) is 0 Å². The van der Waals surface area contributed by atoms with Crippen LogP contribution >= 0.6 is 0 Å². The van der Waals surface area contributed by atoms with E-state index in [9.17, 15) is 4.79 Å². The van der Waals surface area contributed by atoms with Crippen LogP contribution in [-0.4, -0.2) is 47.0 Å². The van der Waals surface area contributed by atoms with E-state index < -0.39 is 0 Å². The standard InChI is InChI=1S/C22H22N4O2/c27-21(25-13-15-26(16-14-25)22-23-11-4-12-24-22)19-9-7-18(8-10-19)17-28-20-5-2-1-3-6-20/h1-12H,13-17H2. The van der Waals surface area contributed by atoms with Crippen molar-refractivity contribution in [3.05, 3.63) is 84.2 Å². The Labute approximate surface area is 164 Å². The zero-order chi connectivity index (χ0) is 19.2. The second-order valence-electron chi connectivity index (χ2n) is 6.63. The summed E-state index contributed by atoms with van der Waals surface area (Å²) in [5, 5.41) is 0. The van der Waals surface area contributed by atoms with Gasteiger partial charge in [0.1, 0.15) is 12.4 Å². The normalized spacial score (nSPS) is 14.0. The van der Waals surface area contributed by atoms with Crippen LogP contribution in [0.5, 0.6) is 5.75 Å². The third-order valence-corrected chi connectivity index (χ3v) is 4.75. The molecule has 0 aliphatic carbocycles. The fourth-order valence-electron chi connectivity index (χ4n) is 3.17. The van der Waals surface area contributed by atoms with Gasteiger partial charge in [0.05, 0.1) is 0 Å². The maximum absolute atomic E-state index is 12.8. The molecule has 0 radical (unpaired) electrons. The van der Waals surface area contributed by atoms with Crippen LogP contribution in [0.3, 0.4) is 0 Å². The van der Waals surface area contributed by atoms with Crippen LogP contribution in [0.1, 0.15) is 15.9 Å². The summed E-state index contributed by atoms with van der Waals surface area (Å²) >= 11 is 0. The van der Waals surface area contributed by atoms with Crippen LogP contribution in [0.15, 0.2) is 73.1 Å². The van der Waals surface area contributed by atoms with Crippen molar-refractivity contribution in [1.82, 2.24) is 14.9 Å². The lowest BCUT2D eigenvalue weighted by Crippen LogP contribution is -2.49. The van der Waals surface area contributed by atoms with E-state index in [-0.39, 0.29) is 5.91 Å². The topological polar surface area (TPSA) is 58.6 Å². The number of aromatic nitrogens is 2. The third kappa shape index (κ3) is 4.28. The fraction of sp³-hybridized carbons (Fsp3) is 0.227. The van der Waals surface area contributed by atoms with Crippen molar-refractivity contribution in [1.29, 1.82) is 0 Å². The first-order valence-electron chi connectivity index (χ1n) is 9.37. The van der Waals surface area contributed by atoms with E-state index in [4.69, 9.17) is 4.74 Å². The highest BCUT2D eigenvalue weighted by molar-refractivity contribution is 5.94. The summed E-state index contributed by atoms with van der Waals surface area (Å²) in [6, 6.07) is 19.2. The maximum atomic E-state index is 12.8. The number of anilines is 1. The largest absolute Gasteiger partial charge is 0.489 e. The molecule has 4 rings (SSSR count). The Kier molecular flexibility index (Phi) is 5.47. The molecule has 0 spiro atoms. The van der Waals surface area contributed by atoms with Gasteiger partial charge in [-0.05, 0) is 35.9 Å². The van der Waals surface area contributed by atoms with E-state index in [1.807, 2.05) is 59.5 Å². The Morgan fingerprint density at radius 2 is 1.54 bits per heavy atom. The van der Waals surface area contributed by atoms with E-state index in [2.05, 4.69) is 14.9 Å². The summed E-state index contributed by atoms with van der Waals surface area (Å²) in [7, 11) is 0. The van der Waals surface area contributed by atoms with Gasteiger partial charge in [0.25, 0.3) is 5.91 Å². The minimum atomic E-state index is 0.0594. The van der Waals surface area contributed by atoms with E-state index in [1.54, 1.807) is 18.5 Å². The summed E-state index contributed by atoms with van der Waals surface area (Å²) in [5.74, 6) is 1.62. The summed E-state index contributed by atoms with van der Waals surface area (Å²) in [4.78, 5) is 25.3. The predicted octanol–water partition coefficient (Wildman–Crippen LogP) is 3.02. The third-order valence-electron chi connectivity index (χ3n) is 4.75. The lowest BCUT2D eigenvalue weighted by Gasteiger charge is -2.34. The van der Waals surface area contributed by atoms with Crippen molar-refractivity contribution in [3.8, 4) is 5.75 Å². The number of amides is 1. The van der Waals surface area contributed by atoms with Crippen molar-refractivity contribution in [2.24, 2.45) is 0 Å². The van der Waals surface area contributed by atoms with Crippen LogP contribution in [0.4, 0.5) is 5.95 Å². The number of hydrogen-bond donors (Lipinski definition) is 0. The number of ether oxygens (including phenoxy) is 1. The quantitative estimate of drug-likeness (QED) is 0.687. The molecule has 2 aromatic carbocycles. The molecule has 0 N–H and O–H groups in total. The van der Waals surface area contributed by atoms with Crippen LogP contribution in [0.25, 0.3) is 0 Å². The molecule has 0 atom stereocenters. The summed E-state index contributed by atoms with van der Waals surface area (Å²) in [6.45, 7) is 3.28. The number of rotatable bonds is 5. The van der Waals surface area contributed by atoms with Crippen molar-refractivity contribution < 1.29 is 9.53 Å². The van der Waals surface area contributed by atoms with E-state index in [0.717, 1.165) is 30.4 Å². The molecule has 6 nitrogen and oxygen atoms in total. The molecule has 0 saturated carbocycles. The van der Waals surface area contributed by atoms with E-state index in [0.29, 0.717) is 25.3 Å². The number of nitrogens with zero attached hydrogens (tertiary/aromatic N) is 4. The number of piperazine rings is 1. The molecule has 0 unspecified atom stereocenters. The molecule has 1 fully saturated rings. The Balaban J connectivity index is 1.31. The Morgan fingerprint density at radius 3 is 2.21 bits per heavy atom. The summed E-state index contributed by atoms with van der Waals surface area (Å²) in [5.41, 5.74) is 1.74. The molecule has 1 amide bonds. The molecule has 1 aliphatic rings. The van der Waals surface area contributed by atoms with Gasteiger partial charge in [0.15, 0.2) is 0 Å². The number of para-hydroxylation sites is 1. The van der Waals surface area contributed by atoms with Crippen molar-refractivity contribution in [2.75, 3.05) is 31.1 Å². The lowest BCUT2D eigenvalue weighted by molar-refractivity contribution is 0.0746. The number of carbonyl (C=O) groups is 1. The minimum Gasteiger partial charge on any atom is -0.489 e. The average Bonchev–Trinajstić information content (AvgIpc) is 2.79. The monoisotopic (exact) mass is 374 g/mol. The van der Waals surface area contributed by atoms with Gasteiger partial charge < -0.3 is 14.5 Å². The molecular formula is C22H22N4O2. The molecule has 1 aromatic heterocycles. The Bertz CT molecular complexity index is 893. The number of carbonyl (C=O) groups excluding carboxylic acids is 1. The van der Waals surface area contributed by atoms with Gasteiger partial charge in [0.2, 0.25) is 5.95 Å².